The Hall–Kier alpha value is -1.78. The summed E-state index contributed by atoms with van der Waals surface area (Å²) < 4.78 is 38.7. The molecule has 1 aromatic heterocycles. The van der Waals surface area contributed by atoms with Gasteiger partial charge in [0.15, 0.2) is 17.2 Å². The Morgan fingerprint density at radius 3 is 2.92 bits per heavy atom. The van der Waals surface area contributed by atoms with E-state index in [1.54, 1.807) is 0 Å². The van der Waals surface area contributed by atoms with Crippen LogP contribution in [-0.4, -0.2) is 29.2 Å². The molecule has 1 aromatic rings. The van der Waals surface area contributed by atoms with Gasteiger partial charge in [-0.3, -0.25) is 0 Å². The van der Waals surface area contributed by atoms with Crippen LogP contribution in [0, 0.1) is 0 Å². The molecule has 0 spiro atoms. The highest BCUT2D eigenvalue weighted by atomic mass is 16.6. The van der Waals surface area contributed by atoms with Gasteiger partial charge < -0.3 is 14.6 Å². The van der Waals surface area contributed by atoms with Gasteiger partial charge in [0, 0.05) is 6.07 Å². The van der Waals surface area contributed by atoms with E-state index in [9.17, 15) is 4.79 Å². The third-order valence-corrected chi connectivity index (χ3v) is 1.41. The highest BCUT2D eigenvalue weighted by molar-refractivity contribution is 5.86. The fraction of sp³-hybridized carbons (Fsp3) is 0.250. The molecule has 0 aliphatic carbocycles. The van der Waals surface area contributed by atoms with Crippen LogP contribution in [0.3, 0.4) is 0 Å². The van der Waals surface area contributed by atoms with E-state index in [4.69, 9.17) is 20.1 Å². The molecule has 0 radical (unpaired) electrons. The van der Waals surface area contributed by atoms with Crippen molar-refractivity contribution in [3.05, 3.63) is 18.0 Å². The molecule has 0 unspecified atom stereocenters. The zero-order valence-electron chi connectivity index (χ0n) is 10.3. The first-order valence-electron chi connectivity index (χ1n) is 5.34. The summed E-state index contributed by atoms with van der Waals surface area (Å²) >= 11 is 0. The van der Waals surface area contributed by atoms with Crippen LogP contribution in [0.4, 0.5) is 0 Å². The molecule has 2 rings (SSSR count). The van der Waals surface area contributed by atoms with E-state index in [-0.39, 0.29) is 17.2 Å². The zero-order valence-corrected chi connectivity index (χ0v) is 6.27. The number of aromatic nitrogens is 1. The number of carboxylic acids is 1. The van der Waals surface area contributed by atoms with Crippen LogP contribution in [-0.2, 0) is 0 Å². The van der Waals surface area contributed by atoms with Gasteiger partial charge in [-0.1, -0.05) is 0 Å². The van der Waals surface area contributed by atoms with Crippen molar-refractivity contribution in [3.8, 4) is 11.5 Å². The summed E-state index contributed by atoms with van der Waals surface area (Å²) in [6, 6.07) is 0.977. The molecular weight excluding hydrogens is 174 g/mol. The number of carboxylic acid groups (broad SMARTS) is 1. The molecule has 1 aliphatic rings. The zero-order chi connectivity index (χ0) is 12.8. The lowest BCUT2D eigenvalue weighted by molar-refractivity contribution is 0.0689. The average Bonchev–Trinajstić information content (AvgIpc) is 2.17. The van der Waals surface area contributed by atoms with E-state index >= 15 is 0 Å². The molecule has 0 aromatic carbocycles. The number of carbonyl (C=O) groups is 1. The van der Waals surface area contributed by atoms with Crippen molar-refractivity contribution in [2.45, 2.75) is 0 Å². The molecule has 0 saturated heterocycles. The van der Waals surface area contributed by atoms with Crippen molar-refractivity contribution >= 4 is 5.97 Å². The lowest BCUT2D eigenvalue weighted by atomic mass is 10.3. The van der Waals surface area contributed by atoms with Gasteiger partial charge >= 0.3 is 5.97 Å². The summed E-state index contributed by atoms with van der Waals surface area (Å²) in [4.78, 5) is 14.2. The highest BCUT2D eigenvalue weighted by Crippen LogP contribution is 2.29. The first-order chi connectivity index (χ1) is 7.73. The van der Waals surface area contributed by atoms with Crippen molar-refractivity contribution in [2.75, 3.05) is 13.1 Å². The van der Waals surface area contributed by atoms with E-state index in [1.807, 2.05) is 0 Å². The average molecular weight is 185 g/mol. The molecule has 0 bridgehead atoms. The molecule has 13 heavy (non-hydrogen) atoms. The van der Waals surface area contributed by atoms with Gasteiger partial charge in [0.25, 0.3) is 0 Å². The Bertz CT molecular complexity index is 490. The fourth-order valence-corrected chi connectivity index (χ4v) is 0.849. The highest BCUT2D eigenvalue weighted by Gasteiger charge is 2.15. The van der Waals surface area contributed by atoms with E-state index in [1.165, 1.54) is 0 Å². The van der Waals surface area contributed by atoms with Crippen LogP contribution >= 0.6 is 0 Å². The molecule has 1 aliphatic heterocycles. The summed E-state index contributed by atoms with van der Waals surface area (Å²) in [6.07, 6.45) is 0.978. The molecule has 0 saturated carbocycles. The molecule has 2 heterocycles. The van der Waals surface area contributed by atoms with E-state index in [2.05, 4.69) is 4.98 Å². The van der Waals surface area contributed by atoms with E-state index in [0.29, 0.717) is 0 Å². The van der Waals surface area contributed by atoms with Gasteiger partial charge in [0.2, 0.25) is 0 Å². The molecule has 0 fully saturated rings. The van der Waals surface area contributed by atoms with Gasteiger partial charge in [0.1, 0.15) is 13.1 Å². The van der Waals surface area contributed by atoms with Crippen molar-refractivity contribution in [2.24, 2.45) is 0 Å². The van der Waals surface area contributed by atoms with Crippen LogP contribution < -0.4 is 9.47 Å². The maximum atomic E-state index is 10.6. The third kappa shape index (κ3) is 1.40. The second-order valence-corrected chi connectivity index (χ2v) is 2.23. The number of nitrogens with zero attached hydrogens (tertiary/aromatic N) is 1. The molecule has 1 N–H and O–H groups in total. The minimum absolute atomic E-state index is 0.143. The fourth-order valence-electron chi connectivity index (χ4n) is 0.849. The number of rotatable bonds is 1. The van der Waals surface area contributed by atoms with Crippen molar-refractivity contribution in [3.63, 3.8) is 0 Å². The van der Waals surface area contributed by atoms with Gasteiger partial charge in [-0.25, -0.2) is 9.78 Å². The molecule has 5 heteroatoms. The first-order valence-corrected chi connectivity index (χ1v) is 3.34. The Labute approximate surface area is 79.5 Å². The van der Waals surface area contributed by atoms with E-state index in [0.717, 1.165) is 12.3 Å². The topological polar surface area (TPSA) is 68.7 Å². The predicted octanol–water partition coefficient (Wildman–Crippen LogP) is 0.551. The third-order valence-electron chi connectivity index (χ3n) is 1.41. The van der Waals surface area contributed by atoms with Gasteiger partial charge in [-0.15, -0.1) is 0 Å². The smallest absolute Gasteiger partial charge is 0.354 e. The molecule has 5 nitrogen and oxygen atoms in total. The molecule has 0 amide bonds. The lowest BCUT2D eigenvalue weighted by Gasteiger charge is -2.17. The first kappa shape index (κ1) is 4.45. The van der Waals surface area contributed by atoms with Gasteiger partial charge in [-0.2, -0.15) is 0 Å². The molecular formula is C8H7NO4. The van der Waals surface area contributed by atoms with Crippen molar-refractivity contribution < 1.29 is 24.9 Å². The van der Waals surface area contributed by atoms with Crippen LogP contribution in [0.2, 0.25) is 0 Å². The Morgan fingerprint density at radius 2 is 2.23 bits per heavy atom. The summed E-state index contributed by atoms with van der Waals surface area (Å²) in [5.74, 6) is -1.64. The van der Waals surface area contributed by atoms with Gasteiger partial charge in [0.05, 0.1) is 11.7 Å². The maximum Gasteiger partial charge on any atom is 0.354 e. The monoisotopic (exact) mass is 185 g/mol. The number of hydrogen-bond acceptors (Lipinski definition) is 4. The summed E-state index contributed by atoms with van der Waals surface area (Å²) in [5, 5.41) is 8.69. The minimum atomic E-state index is -2.71. The largest absolute Gasteiger partial charge is 0.486 e. The summed E-state index contributed by atoms with van der Waals surface area (Å²) in [7, 11) is 0. The van der Waals surface area contributed by atoms with Crippen molar-refractivity contribution in [1.29, 1.82) is 0 Å². The van der Waals surface area contributed by atoms with Crippen LogP contribution in [0.15, 0.2) is 12.3 Å². The normalized spacial score (nSPS) is 26.2. The Balaban J connectivity index is 2.47. The molecule has 68 valence electrons. The molecule has 0 atom stereocenters. The number of ether oxygens (including phenoxy) is 2. The standard InChI is InChI=1S/C8H7NO4/c10-8(11)5-3-6-7(4-9-5)13-2-1-12-6/h3-4H,1-2H2,(H,10,11)/i1D2,2D2. The summed E-state index contributed by atoms with van der Waals surface area (Å²) in [6.45, 7) is -5.39. The van der Waals surface area contributed by atoms with Gasteiger partial charge in [-0.05, 0) is 0 Å². The van der Waals surface area contributed by atoms with E-state index < -0.39 is 19.1 Å². The van der Waals surface area contributed by atoms with Crippen LogP contribution in [0.25, 0.3) is 0 Å². The SMILES string of the molecule is [2H]C1([2H])Oc2cnc(C(=O)O)cc2OC1([2H])[2H]. The predicted molar refractivity (Wildman–Crippen MR) is 42.2 cm³/mol. The number of pyridine rings is 1. The Kier molecular flexibility index (Phi) is 1.00. The van der Waals surface area contributed by atoms with Crippen LogP contribution in [0.5, 0.6) is 11.5 Å². The van der Waals surface area contributed by atoms with Crippen molar-refractivity contribution in [1.82, 2.24) is 4.98 Å². The number of fused-ring (bicyclic) bond motifs is 1. The Morgan fingerprint density at radius 1 is 1.54 bits per heavy atom. The minimum Gasteiger partial charge on any atom is -0.486 e. The number of hydrogen-bond donors (Lipinski definition) is 1. The second-order valence-electron chi connectivity index (χ2n) is 2.23. The summed E-state index contributed by atoms with van der Waals surface area (Å²) in [5.41, 5.74) is -0.342. The lowest BCUT2D eigenvalue weighted by Crippen LogP contribution is -2.16. The van der Waals surface area contributed by atoms with Crippen LogP contribution in [0.1, 0.15) is 16.0 Å². The number of aromatic carboxylic acids is 1. The second kappa shape index (κ2) is 2.93. The quantitative estimate of drug-likeness (QED) is 0.692. The maximum absolute atomic E-state index is 10.6.